The smallest absolute Gasteiger partial charge is 0.196 e. The van der Waals surface area contributed by atoms with E-state index < -0.39 is 5.82 Å². The number of benzene rings is 2. The second-order valence-electron chi connectivity index (χ2n) is 3.54. The number of ketones is 1. The van der Waals surface area contributed by atoms with Gasteiger partial charge in [0.25, 0.3) is 0 Å². The van der Waals surface area contributed by atoms with Crippen molar-refractivity contribution < 1.29 is 13.9 Å². The lowest BCUT2D eigenvalue weighted by Gasteiger charge is -2.07. The van der Waals surface area contributed by atoms with Crippen LogP contribution in [0.15, 0.2) is 48.5 Å². The van der Waals surface area contributed by atoms with E-state index in [1.165, 1.54) is 25.3 Å². The Morgan fingerprint density at radius 2 is 1.82 bits per heavy atom. The molecule has 0 saturated heterocycles. The predicted molar refractivity (Wildman–Crippen MR) is 62.8 cm³/mol. The van der Waals surface area contributed by atoms with Crippen LogP contribution in [0.25, 0.3) is 0 Å². The van der Waals surface area contributed by atoms with Gasteiger partial charge in [0, 0.05) is 11.6 Å². The van der Waals surface area contributed by atoms with Crippen LogP contribution in [0.3, 0.4) is 0 Å². The second-order valence-corrected chi connectivity index (χ2v) is 3.54. The van der Waals surface area contributed by atoms with E-state index in [0.717, 1.165) is 0 Å². The topological polar surface area (TPSA) is 26.3 Å². The summed E-state index contributed by atoms with van der Waals surface area (Å²) in [6.45, 7) is 0. The van der Waals surface area contributed by atoms with Crippen LogP contribution in [0.4, 0.5) is 4.39 Å². The zero-order chi connectivity index (χ0) is 12.3. The number of carbonyl (C=O) groups excluding carboxylic acids is 1. The van der Waals surface area contributed by atoms with Crippen molar-refractivity contribution in [1.82, 2.24) is 0 Å². The molecule has 0 heterocycles. The number of hydrogen-bond acceptors (Lipinski definition) is 2. The zero-order valence-electron chi connectivity index (χ0n) is 9.31. The van der Waals surface area contributed by atoms with Gasteiger partial charge >= 0.3 is 0 Å². The standard InChI is InChI=1S/C14H11FO2/c1-17-13-9-11(15)7-8-12(13)14(16)10-5-3-2-4-6-10/h2-9H,1H3. The van der Waals surface area contributed by atoms with Crippen molar-refractivity contribution in [2.75, 3.05) is 7.11 Å². The zero-order valence-corrected chi connectivity index (χ0v) is 9.31. The summed E-state index contributed by atoms with van der Waals surface area (Å²) in [6.07, 6.45) is 0. The lowest BCUT2D eigenvalue weighted by molar-refractivity contribution is 0.103. The molecule has 0 amide bonds. The maximum Gasteiger partial charge on any atom is 0.196 e. The largest absolute Gasteiger partial charge is 0.496 e. The van der Waals surface area contributed by atoms with E-state index >= 15 is 0 Å². The van der Waals surface area contributed by atoms with Crippen molar-refractivity contribution in [3.05, 3.63) is 65.5 Å². The molecule has 0 bridgehead atoms. The summed E-state index contributed by atoms with van der Waals surface area (Å²) < 4.78 is 18.0. The minimum absolute atomic E-state index is 0.178. The van der Waals surface area contributed by atoms with E-state index in [-0.39, 0.29) is 11.5 Å². The summed E-state index contributed by atoms with van der Waals surface area (Å²) in [4.78, 5) is 12.1. The van der Waals surface area contributed by atoms with Crippen LogP contribution >= 0.6 is 0 Å². The van der Waals surface area contributed by atoms with Gasteiger partial charge in [-0.05, 0) is 12.1 Å². The van der Waals surface area contributed by atoms with Crippen molar-refractivity contribution in [2.45, 2.75) is 0 Å². The highest BCUT2D eigenvalue weighted by molar-refractivity contribution is 6.10. The molecule has 3 heteroatoms. The number of carbonyl (C=O) groups is 1. The van der Waals surface area contributed by atoms with Crippen molar-refractivity contribution in [2.24, 2.45) is 0 Å². The van der Waals surface area contributed by atoms with Crippen molar-refractivity contribution >= 4 is 5.78 Å². The first-order valence-electron chi connectivity index (χ1n) is 5.15. The van der Waals surface area contributed by atoms with Crippen LogP contribution in [0.1, 0.15) is 15.9 Å². The third-order valence-electron chi connectivity index (χ3n) is 2.44. The Hall–Kier alpha value is -2.16. The molecule has 0 aliphatic rings. The van der Waals surface area contributed by atoms with Crippen LogP contribution in [0, 0.1) is 5.82 Å². The molecule has 17 heavy (non-hydrogen) atoms. The average molecular weight is 230 g/mol. The molecule has 0 fully saturated rings. The first-order chi connectivity index (χ1) is 8.22. The van der Waals surface area contributed by atoms with Gasteiger partial charge in [-0.2, -0.15) is 0 Å². The van der Waals surface area contributed by atoms with Gasteiger partial charge in [0.1, 0.15) is 11.6 Å². The summed E-state index contributed by atoms with van der Waals surface area (Å²) in [5, 5.41) is 0. The molecule has 0 saturated carbocycles. The highest BCUT2D eigenvalue weighted by Crippen LogP contribution is 2.22. The number of rotatable bonds is 3. The second kappa shape index (κ2) is 4.78. The molecular weight excluding hydrogens is 219 g/mol. The maximum atomic E-state index is 13.0. The molecule has 2 aromatic rings. The van der Waals surface area contributed by atoms with E-state index in [0.29, 0.717) is 11.1 Å². The Bertz CT molecular complexity index is 535. The molecule has 0 unspecified atom stereocenters. The molecule has 2 rings (SSSR count). The van der Waals surface area contributed by atoms with Gasteiger partial charge in [0.2, 0.25) is 0 Å². The SMILES string of the molecule is COc1cc(F)ccc1C(=O)c1ccccc1. The monoisotopic (exact) mass is 230 g/mol. The Balaban J connectivity index is 2.44. The highest BCUT2D eigenvalue weighted by atomic mass is 19.1. The van der Waals surface area contributed by atoms with Crippen LogP contribution in [-0.2, 0) is 0 Å². The van der Waals surface area contributed by atoms with Gasteiger partial charge in [-0.1, -0.05) is 30.3 Å². The third-order valence-corrected chi connectivity index (χ3v) is 2.44. The average Bonchev–Trinajstić information content (AvgIpc) is 2.39. The Morgan fingerprint density at radius 3 is 2.47 bits per heavy atom. The van der Waals surface area contributed by atoms with Crippen molar-refractivity contribution in [3.8, 4) is 5.75 Å². The molecule has 0 aliphatic carbocycles. The normalized spacial score (nSPS) is 10.0. The Labute approximate surface area is 98.7 Å². The van der Waals surface area contributed by atoms with E-state index in [1.807, 2.05) is 6.07 Å². The molecule has 2 aromatic carbocycles. The third kappa shape index (κ3) is 2.33. The number of methoxy groups -OCH3 is 1. The summed E-state index contributed by atoms with van der Waals surface area (Å²) in [7, 11) is 1.41. The van der Waals surface area contributed by atoms with Gasteiger partial charge in [0.15, 0.2) is 5.78 Å². The van der Waals surface area contributed by atoms with Gasteiger partial charge in [-0.25, -0.2) is 4.39 Å². The first-order valence-corrected chi connectivity index (χ1v) is 5.15. The minimum Gasteiger partial charge on any atom is -0.496 e. The fraction of sp³-hybridized carbons (Fsp3) is 0.0714. The van der Waals surface area contributed by atoms with Gasteiger partial charge < -0.3 is 4.74 Å². The minimum atomic E-state index is -0.425. The number of ether oxygens (including phenoxy) is 1. The molecule has 0 aromatic heterocycles. The lowest BCUT2D eigenvalue weighted by atomic mass is 10.0. The Kier molecular flexibility index (Phi) is 3.19. The van der Waals surface area contributed by atoms with Crippen LogP contribution < -0.4 is 4.74 Å². The van der Waals surface area contributed by atoms with Crippen molar-refractivity contribution in [3.63, 3.8) is 0 Å². The summed E-state index contributed by atoms with van der Waals surface area (Å²) in [6, 6.07) is 12.7. The number of hydrogen-bond donors (Lipinski definition) is 0. The first kappa shape index (κ1) is 11.3. The molecular formula is C14H11FO2. The maximum absolute atomic E-state index is 13.0. The van der Waals surface area contributed by atoms with Crippen LogP contribution in [0.2, 0.25) is 0 Å². The molecule has 86 valence electrons. The Morgan fingerprint density at radius 1 is 1.12 bits per heavy atom. The quantitative estimate of drug-likeness (QED) is 0.757. The molecule has 0 aliphatic heterocycles. The van der Waals surface area contributed by atoms with Crippen LogP contribution in [-0.4, -0.2) is 12.9 Å². The van der Waals surface area contributed by atoms with E-state index in [1.54, 1.807) is 24.3 Å². The molecule has 0 spiro atoms. The van der Waals surface area contributed by atoms with Crippen molar-refractivity contribution in [1.29, 1.82) is 0 Å². The fourth-order valence-corrected chi connectivity index (χ4v) is 1.60. The summed E-state index contributed by atoms with van der Waals surface area (Å²) in [5.74, 6) is -0.354. The molecule has 0 atom stereocenters. The van der Waals surface area contributed by atoms with E-state index in [2.05, 4.69) is 0 Å². The molecule has 0 radical (unpaired) electrons. The highest BCUT2D eigenvalue weighted by Gasteiger charge is 2.14. The van der Waals surface area contributed by atoms with E-state index in [9.17, 15) is 9.18 Å². The van der Waals surface area contributed by atoms with Gasteiger partial charge in [-0.3, -0.25) is 4.79 Å². The van der Waals surface area contributed by atoms with E-state index in [4.69, 9.17) is 4.74 Å². The molecule has 2 nitrogen and oxygen atoms in total. The lowest BCUT2D eigenvalue weighted by Crippen LogP contribution is -2.04. The van der Waals surface area contributed by atoms with Gasteiger partial charge in [0.05, 0.1) is 12.7 Å². The predicted octanol–water partition coefficient (Wildman–Crippen LogP) is 3.07. The number of halogens is 1. The summed E-state index contributed by atoms with van der Waals surface area (Å²) in [5.41, 5.74) is 0.914. The summed E-state index contributed by atoms with van der Waals surface area (Å²) >= 11 is 0. The van der Waals surface area contributed by atoms with Crippen LogP contribution in [0.5, 0.6) is 5.75 Å². The fourth-order valence-electron chi connectivity index (χ4n) is 1.60. The molecule has 0 N–H and O–H groups in total. The van der Waals surface area contributed by atoms with Gasteiger partial charge in [-0.15, -0.1) is 0 Å².